The smallest absolute Gasteiger partial charge is 0.204 e. The Morgan fingerprint density at radius 1 is 0.577 bits per heavy atom. The number of halogens is 12. The predicted octanol–water partition coefficient (Wildman–Crippen LogP) is 7.79. The van der Waals surface area contributed by atoms with Crippen LogP contribution in [0.3, 0.4) is 0 Å². The van der Waals surface area contributed by atoms with E-state index < -0.39 is 40.9 Å². The fourth-order valence-corrected chi connectivity index (χ4v) is 2.03. The Kier molecular flexibility index (Phi) is 7.11. The van der Waals surface area contributed by atoms with Gasteiger partial charge in [-0.2, -0.15) is 26.3 Å². The molecule has 0 radical (unpaired) electrons. The zero-order chi connectivity index (χ0) is 20.4. The van der Waals surface area contributed by atoms with Crippen LogP contribution in [-0.4, -0.2) is 0 Å². The molecule has 0 saturated heterocycles. The summed E-state index contributed by atoms with van der Waals surface area (Å²) in [4.78, 5) is 0. The van der Waals surface area contributed by atoms with Crippen molar-refractivity contribution in [2.45, 2.75) is 12.4 Å². The second-order valence-electron chi connectivity index (χ2n) is 4.50. The van der Waals surface area contributed by atoms with Crippen LogP contribution >= 0.6 is 34.8 Å². The molecular weight excluding hydrogens is 445 g/mol. The molecule has 0 amide bonds. The molecule has 0 atom stereocenters. The Balaban J connectivity index is 0.000000260. The van der Waals surface area contributed by atoms with Crippen LogP contribution in [0.25, 0.3) is 0 Å². The molecule has 0 aliphatic heterocycles. The lowest BCUT2D eigenvalue weighted by atomic mass is 10.2. The van der Waals surface area contributed by atoms with Gasteiger partial charge in [0.25, 0.3) is 0 Å². The van der Waals surface area contributed by atoms with Gasteiger partial charge in [0.1, 0.15) is 0 Å². The molecular formula is C14H4Cl3F9. The quantitative estimate of drug-likeness (QED) is 0.284. The average Bonchev–Trinajstić information content (AvgIpc) is 2.48. The van der Waals surface area contributed by atoms with E-state index in [2.05, 4.69) is 0 Å². The van der Waals surface area contributed by atoms with Crippen molar-refractivity contribution in [2.24, 2.45) is 0 Å². The molecule has 0 bridgehead atoms. The van der Waals surface area contributed by atoms with Crippen molar-refractivity contribution < 1.29 is 39.5 Å². The van der Waals surface area contributed by atoms with E-state index in [0.29, 0.717) is 0 Å². The van der Waals surface area contributed by atoms with Crippen molar-refractivity contribution in [1.82, 2.24) is 0 Å². The van der Waals surface area contributed by atoms with Gasteiger partial charge in [-0.25, -0.2) is 13.2 Å². The number of benzene rings is 2. The lowest BCUT2D eigenvalue weighted by Crippen LogP contribution is -2.07. The summed E-state index contributed by atoms with van der Waals surface area (Å²) < 4.78 is 109. The Labute approximate surface area is 155 Å². The van der Waals surface area contributed by atoms with Crippen molar-refractivity contribution in [3.63, 3.8) is 0 Å². The summed E-state index contributed by atoms with van der Waals surface area (Å²) in [5, 5.41) is -0.487. The summed E-state index contributed by atoms with van der Waals surface area (Å²) in [6.45, 7) is 0. The zero-order valence-electron chi connectivity index (χ0n) is 11.8. The fraction of sp³-hybridized carbons (Fsp3) is 0.143. The van der Waals surface area contributed by atoms with Gasteiger partial charge in [0.2, 0.25) is 0 Å². The van der Waals surface area contributed by atoms with E-state index in [9.17, 15) is 39.5 Å². The zero-order valence-corrected chi connectivity index (χ0v) is 14.1. The van der Waals surface area contributed by atoms with Crippen LogP contribution in [0.5, 0.6) is 0 Å². The SMILES string of the molecule is FC(F)(F)c1cc(Cl)c(Cl)c(Cl)c1.Fc1cc(C(F)(F)F)cc(F)c1F. The monoisotopic (exact) mass is 448 g/mol. The average molecular weight is 450 g/mol. The lowest BCUT2D eigenvalue weighted by molar-refractivity contribution is -0.138. The molecule has 0 nitrogen and oxygen atoms in total. The highest BCUT2D eigenvalue weighted by atomic mass is 35.5. The molecule has 0 fully saturated rings. The number of hydrogen-bond acceptors (Lipinski definition) is 0. The first-order valence-electron chi connectivity index (χ1n) is 6.08. The van der Waals surface area contributed by atoms with Gasteiger partial charge in [-0.3, -0.25) is 0 Å². The van der Waals surface area contributed by atoms with Crippen LogP contribution in [-0.2, 0) is 12.4 Å². The highest BCUT2D eigenvalue weighted by Crippen LogP contribution is 2.37. The topological polar surface area (TPSA) is 0 Å². The third-order valence-corrected chi connectivity index (χ3v) is 3.82. The van der Waals surface area contributed by atoms with Crippen molar-refractivity contribution in [2.75, 3.05) is 0 Å². The molecule has 0 aliphatic rings. The van der Waals surface area contributed by atoms with E-state index in [1.165, 1.54) is 0 Å². The molecule has 0 unspecified atom stereocenters. The van der Waals surface area contributed by atoms with E-state index in [1.54, 1.807) is 0 Å². The summed E-state index contributed by atoms with van der Waals surface area (Å²) in [5.74, 6) is -5.62. The molecule has 0 heterocycles. The number of alkyl halides is 6. The van der Waals surface area contributed by atoms with Gasteiger partial charge in [-0.15, -0.1) is 0 Å². The Morgan fingerprint density at radius 3 is 1.19 bits per heavy atom. The van der Waals surface area contributed by atoms with Crippen LogP contribution in [0.1, 0.15) is 11.1 Å². The van der Waals surface area contributed by atoms with E-state index in [-0.39, 0.29) is 27.2 Å². The van der Waals surface area contributed by atoms with Gasteiger partial charge < -0.3 is 0 Å². The van der Waals surface area contributed by atoms with Crippen molar-refractivity contribution in [3.8, 4) is 0 Å². The third kappa shape index (κ3) is 5.85. The van der Waals surface area contributed by atoms with Gasteiger partial charge in [0.15, 0.2) is 17.5 Å². The van der Waals surface area contributed by atoms with E-state index in [4.69, 9.17) is 34.8 Å². The first-order chi connectivity index (χ1) is 11.6. The Morgan fingerprint density at radius 2 is 0.885 bits per heavy atom. The number of hydrogen-bond donors (Lipinski definition) is 0. The molecule has 26 heavy (non-hydrogen) atoms. The molecule has 0 aromatic heterocycles. The van der Waals surface area contributed by atoms with Gasteiger partial charge in [-0.05, 0) is 24.3 Å². The summed E-state index contributed by atoms with van der Waals surface area (Å²) in [6.07, 6.45) is -9.34. The predicted molar refractivity (Wildman–Crippen MR) is 77.8 cm³/mol. The molecule has 2 aromatic carbocycles. The Hall–Kier alpha value is -1.32. The van der Waals surface area contributed by atoms with Crippen LogP contribution < -0.4 is 0 Å². The summed E-state index contributed by atoms with van der Waals surface area (Å²) >= 11 is 16.3. The number of rotatable bonds is 0. The maximum absolute atomic E-state index is 12.3. The van der Waals surface area contributed by atoms with E-state index >= 15 is 0 Å². The molecule has 144 valence electrons. The first-order valence-corrected chi connectivity index (χ1v) is 7.21. The molecule has 2 aromatic rings. The fourth-order valence-electron chi connectivity index (χ4n) is 1.44. The minimum atomic E-state index is -4.88. The van der Waals surface area contributed by atoms with Crippen molar-refractivity contribution in [3.05, 3.63) is 67.9 Å². The van der Waals surface area contributed by atoms with Gasteiger partial charge in [-0.1, -0.05) is 34.8 Å². The Bertz CT molecular complexity index is 684. The van der Waals surface area contributed by atoms with Gasteiger partial charge in [0, 0.05) is 0 Å². The minimum absolute atomic E-state index is 0.0728. The van der Waals surface area contributed by atoms with Crippen molar-refractivity contribution >= 4 is 34.8 Å². The molecule has 12 heteroatoms. The molecule has 0 saturated carbocycles. The summed E-state index contributed by atoms with van der Waals surface area (Å²) in [5.41, 5.74) is -2.46. The maximum Gasteiger partial charge on any atom is 0.416 e. The third-order valence-electron chi connectivity index (χ3n) is 2.62. The van der Waals surface area contributed by atoms with Crippen LogP contribution in [0.15, 0.2) is 24.3 Å². The standard InChI is InChI=1S/C7H2Cl3F3.C7H2F6/c2*8-4-1-3(7(11,12)13)2-5(9)6(4)10/h2*1-2H. The molecule has 0 aliphatic carbocycles. The van der Waals surface area contributed by atoms with Crippen molar-refractivity contribution in [1.29, 1.82) is 0 Å². The molecule has 0 spiro atoms. The largest absolute Gasteiger partial charge is 0.416 e. The summed E-state index contributed by atoms with van der Waals surface area (Å²) in [6, 6.07) is 1.27. The lowest BCUT2D eigenvalue weighted by Gasteiger charge is -2.08. The second-order valence-corrected chi connectivity index (χ2v) is 5.70. The normalized spacial score (nSPS) is 11.8. The minimum Gasteiger partial charge on any atom is -0.204 e. The highest BCUT2D eigenvalue weighted by molar-refractivity contribution is 6.48. The van der Waals surface area contributed by atoms with Gasteiger partial charge >= 0.3 is 12.4 Å². The summed E-state index contributed by atoms with van der Waals surface area (Å²) in [7, 11) is 0. The highest BCUT2D eigenvalue weighted by Gasteiger charge is 2.33. The van der Waals surface area contributed by atoms with Crippen LogP contribution in [0.2, 0.25) is 15.1 Å². The van der Waals surface area contributed by atoms with Crippen LogP contribution in [0, 0.1) is 17.5 Å². The van der Waals surface area contributed by atoms with Gasteiger partial charge in [0.05, 0.1) is 26.2 Å². The maximum atomic E-state index is 12.3. The molecule has 2 rings (SSSR count). The second kappa shape index (κ2) is 8.14. The first kappa shape index (κ1) is 22.7. The van der Waals surface area contributed by atoms with E-state index in [0.717, 1.165) is 12.1 Å². The van der Waals surface area contributed by atoms with Crippen LogP contribution in [0.4, 0.5) is 39.5 Å². The van der Waals surface area contributed by atoms with E-state index in [1.807, 2.05) is 0 Å². The molecule has 0 N–H and O–H groups in total.